The Kier molecular flexibility index (Phi) is 6.89. The smallest absolute Gasteiger partial charge is 0.241 e. The minimum atomic E-state index is -3.63. The lowest BCUT2D eigenvalue weighted by Crippen LogP contribution is -2.24. The van der Waals surface area contributed by atoms with E-state index in [0.717, 1.165) is 5.56 Å². The van der Waals surface area contributed by atoms with Crippen molar-refractivity contribution in [2.45, 2.75) is 11.8 Å². The normalized spacial score (nSPS) is 10.6. The molecule has 0 radical (unpaired) electrons. The fourth-order valence-electron chi connectivity index (χ4n) is 2.20. The highest BCUT2D eigenvalue weighted by molar-refractivity contribution is 7.89. The second-order valence-electron chi connectivity index (χ2n) is 5.25. The first-order chi connectivity index (χ1) is 12.5. The Morgan fingerprint density at radius 3 is 2.31 bits per heavy atom. The third-order valence-electron chi connectivity index (χ3n) is 3.52. The molecule has 0 aliphatic carbocycles. The molecule has 0 fully saturated rings. The van der Waals surface area contributed by atoms with Crippen LogP contribution < -0.4 is 18.9 Å². The summed E-state index contributed by atoms with van der Waals surface area (Å²) in [5, 5.41) is 0. The summed E-state index contributed by atoms with van der Waals surface area (Å²) in [4.78, 5) is 0.169. The molecule has 0 aliphatic rings. The van der Waals surface area contributed by atoms with Gasteiger partial charge in [-0.15, -0.1) is 0 Å². The van der Waals surface area contributed by atoms with Crippen molar-refractivity contribution < 1.29 is 22.6 Å². The van der Waals surface area contributed by atoms with Gasteiger partial charge in [0, 0.05) is 0 Å². The van der Waals surface area contributed by atoms with Crippen LogP contribution in [0.25, 0.3) is 0 Å². The van der Waals surface area contributed by atoms with Crippen LogP contribution in [0.15, 0.2) is 47.4 Å². The monoisotopic (exact) mass is 375 g/mol. The minimum Gasteiger partial charge on any atom is -0.496 e. The van der Waals surface area contributed by atoms with Crippen molar-refractivity contribution in [3.63, 3.8) is 0 Å². The Morgan fingerprint density at radius 1 is 0.962 bits per heavy atom. The number of para-hydroxylation sites is 2. The summed E-state index contributed by atoms with van der Waals surface area (Å²) in [5.74, 6) is 7.32. The number of sulfonamides is 1. The van der Waals surface area contributed by atoms with Gasteiger partial charge in [0.15, 0.2) is 11.5 Å². The molecule has 2 aromatic rings. The highest BCUT2D eigenvalue weighted by Crippen LogP contribution is 2.25. The summed E-state index contributed by atoms with van der Waals surface area (Å²) in [5.41, 5.74) is 0.742. The molecule has 26 heavy (non-hydrogen) atoms. The number of hydrogen-bond acceptors (Lipinski definition) is 5. The summed E-state index contributed by atoms with van der Waals surface area (Å²) < 4.78 is 42.7. The number of nitrogens with one attached hydrogen (secondary N) is 1. The second-order valence-corrected chi connectivity index (χ2v) is 7.02. The summed E-state index contributed by atoms with van der Waals surface area (Å²) in [6.45, 7) is 1.90. The van der Waals surface area contributed by atoms with Crippen molar-refractivity contribution in [2.24, 2.45) is 0 Å². The number of methoxy groups -OCH3 is 2. The molecule has 7 heteroatoms. The Balaban J connectivity index is 1.89. The quantitative estimate of drug-likeness (QED) is 0.752. The van der Waals surface area contributed by atoms with Gasteiger partial charge in [0.05, 0.1) is 25.7 Å². The van der Waals surface area contributed by atoms with Crippen LogP contribution in [0.3, 0.4) is 0 Å². The highest BCUT2D eigenvalue weighted by Gasteiger charge is 2.14. The third kappa shape index (κ3) is 5.15. The highest BCUT2D eigenvalue weighted by atomic mass is 32.2. The second kappa shape index (κ2) is 9.13. The van der Waals surface area contributed by atoms with Crippen LogP contribution >= 0.6 is 0 Å². The Bertz CT molecular complexity index is 913. The lowest BCUT2D eigenvalue weighted by Gasteiger charge is -2.08. The van der Waals surface area contributed by atoms with Crippen molar-refractivity contribution in [3.05, 3.63) is 48.0 Å². The van der Waals surface area contributed by atoms with E-state index >= 15 is 0 Å². The zero-order valence-corrected chi connectivity index (χ0v) is 15.7. The molecule has 0 unspecified atom stereocenters. The van der Waals surface area contributed by atoms with Crippen molar-refractivity contribution in [1.29, 1.82) is 0 Å². The van der Waals surface area contributed by atoms with E-state index in [9.17, 15) is 8.42 Å². The first-order valence-corrected chi connectivity index (χ1v) is 9.32. The van der Waals surface area contributed by atoms with Gasteiger partial charge in [-0.3, -0.25) is 0 Å². The molecule has 138 valence electrons. The average molecular weight is 375 g/mol. The van der Waals surface area contributed by atoms with E-state index in [1.165, 1.54) is 13.2 Å². The molecule has 0 amide bonds. The van der Waals surface area contributed by atoms with Gasteiger partial charge in [-0.1, -0.05) is 24.0 Å². The van der Waals surface area contributed by atoms with Gasteiger partial charge < -0.3 is 14.2 Å². The lowest BCUT2D eigenvalue weighted by atomic mass is 10.2. The first kappa shape index (κ1) is 19.6. The van der Waals surface area contributed by atoms with E-state index in [2.05, 4.69) is 16.6 Å². The van der Waals surface area contributed by atoms with Gasteiger partial charge >= 0.3 is 0 Å². The number of ether oxygens (including phenoxy) is 3. The largest absolute Gasteiger partial charge is 0.496 e. The molecular formula is C19H21NO5S. The van der Waals surface area contributed by atoms with E-state index in [1.807, 2.05) is 12.1 Å². The van der Waals surface area contributed by atoms with Gasteiger partial charge in [-0.05, 0) is 42.8 Å². The summed E-state index contributed by atoms with van der Waals surface area (Å²) in [7, 11) is -0.528. The maximum Gasteiger partial charge on any atom is 0.241 e. The van der Waals surface area contributed by atoms with E-state index in [0.29, 0.717) is 17.2 Å². The number of benzene rings is 2. The molecule has 2 rings (SSSR count). The number of aryl methyl sites for hydroxylation is 1. The van der Waals surface area contributed by atoms with Gasteiger partial charge in [0.25, 0.3) is 0 Å². The molecule has 0 aromatic heterocycles. The predicted octanol–water partition coefficient (Wildman–Crippen LogP) is 2.37. The van der Waals surface area contributed by atoms with Gasteiger partial charge in [-0.2, -0.15) is 4.72 Å². The van der Waals surface area contributed by atoms with E-state index in [1.54, 1.807) is 38.3 Å². The van der Waals surface area contributed by atoms with Crippen LogP contribution in [-0.4, -0.2) is 35.8 Å². The van der Waals surface area contributed by atoms with Crippen molar-refractivity contribution >= 4 is 10.0 Å². The molecule has 2 aromatic carbocycles. The van der Waals surface area contributed by atoms with Crippen molar-refractivity contribution in [2.75, 3.05) is 27.4 Å². The Morgan fingerprint density at radius 2 is 1.65 bits per heavy atom. The summed E-state index contributed by atoms with van der Waals surface area (Å²) in [6, 6.07) is 11.9. The molecular weight excluding hydrogens is 354 g/mol. The molecule has 6 nitrogen and oxygen atoms in total. The van der Waals surface area contributed by atoms with E-state index in [-0.39, 0.29) is 18.0 Å². The lowest BCUT2D eigenvalue weighted by molar-refractivity contribution is 0.331. The molecule has 0 bridgehead atoms. The number of hydrogen-bond donors (Lipinski definition) is 1. The zero-order chi connectivity index (χ0) is 19.0. The maximum atomic E-state index is 12.3. The van der Waals surface area contributed by atoms with Crippen molar-refractivity contribution in [1.82, 2.24) is 4.72 Å². The van der Waals surface area contributed by atoms with Gasteiger partial charge in [-0.25, -0.2) is 8.42 Å². The van der Waals surface area contributed by atoms with Gasteiger partial charge in [0.1, 0.15) is 12.4 Å². The van der Waals surface area contributed by atoms with Crippen LogP contribution in [0, 0.1) is 18.8 Å². The zero-order valence-electron chi connectivity index (χ0n) is 14.9. The van der Waals surface area contributed by atoms with Gasteiger partial charge in [0.2, 0.25) is 10.0 Å². The standard InChI is InChI=1S/C19H21NO5S/c1-15-14-16(10-11-17(15)23-2)26(21,22)20-12-6-7-13-25-19-9-5-4-8-18(19)24-3/h4-5,8-11,14,20H,12-13H2,1-3H3. The molecule has 0 saturated heterocycles. The molecule has 0 heterocycles. The third-order valence-corrected chi connectivity index (χ3v) is 4.92. The van der Waals surface area contributed by atoms with E-state index < -0.39 is 10.0 Å². The number of rotatable bonds is 7. The molecule has 0 atom stereocenters. The fraction of sp³-hybridized carbons (Fsp3) is 0.263. The maximum absolute atomic E-state index is 12.3. The van der Waals surface area contributed by atoms with Crippen LogP contribution in [0.2, 0.25) is 0 Å². The minimum absolute atomic E-state index is 0.0112. The van der Waals surface area contributed by atoms with Crippen LogP contribution in [0.4, 0.5) is 0 Å². The molecule has 0 aliphatic heterocycles. The Hall–Kier alpha value is -2.69. The molecule has 0 spiro atoms. The average Bonchev–Trinajstić information content (AvgIpc) is 2.64. The first-order valence-electron chi connectivity index (χ1n) is 7.84. The summed E-state index contributed by atoms with van der Waals surface area (Å²) >= 11 is 0. The Labute approximate surface area is 154 Å². The van der Waals surface area contributed by atoms with Crippen LogP contribution in [0.1, 0.15) is 5.56 Å². The van der Waals surface area contributed by atoms with E-state index in [4.69, 9.17) is 14.2 Å². The summed E-state index contributed by atoms with van der Waals surface area (Å²) in [6.07, 6.45) is 0. The predicted molar refractivity (Wildman–Crippen MR) is 99.2 cm³/mol. The van der Waals surface area contributed by atoms with Crippen LogP contribution in [0.5, 0.6) is 17.2 Å². The molecule has 1 N–H and O–H groups in total. The molecule has 0 saturated carbocycles. The topological polar surface area (TPSA) is 73.9 Å². The van der Waals surface area contributed by atoms with Crippen LogP contribution in [-0.2, 0) is 10.0 Å². The fourth-order valence-corrected chi connectivity index (χ4v) is 3.21. The SMILES string of the molecule is COc1ccc(S(=O)(=O)NCC#CCOc2ccccc2OC)cc1C. The van der Waals surface area contributed by atoms with Crippen molar-refractivity contribution in [3.8, 4) is 29.1 Å².